The van der Waals surface area contributed by atoms with Crippen LogP contribution in [0.4, 0.5) is 11.6 Å². The van der Waals surface area contributed by atoms with E-state index in [0.29, 0.717) is 11.6 Å². The Morgan fingerprint density at radius 1 is 1.37 bits per heavy atom. The van der Waals surface area contributed by atoms with Gasteiger partial charge in [-0.3, -0.25) is 4.79 Å². The van der Waals surface area contributed by atoms with Gasteiger partial charge in [0.05, 0.1) is 18.1 Å². The number of amides is 1. The molecule has 0 spiro atoms. The van der Waals surface area contributed by atoms with Crippen molar-refractivity contribution in [2.75, 3.05) is 24.3 Å². The zero-order valence-corrected chi connectivity index (χ0v) is 11.5. The fourth-order valence-electron chi connectivity index (χ4n) is 1.34. The van der Waals surface area contributed by atoms with Gasteiger partial charge in [-0.1, -0.05) is 6.07 Å². The van der Waals surface area contributed by atoms with Gasteiger partial charge in [-0.05, 0) is 17.5 Å². The number of rotatable bonds is 4. The summed E-state index contributed by atoms with van der Waals surface area (Å²) in [4.78, 5) is 22.7. The molecular weight excluding hydrogens is 260 g/mol. The minimum Gasteiger partial charge on any atom is -0.347 e. The highest BCUT2D eigenvalue weighted by Crippen LogP contribution is 2.11. The maximum Gasteiger partial charge on any atom is 0.248 e. The summed E-state index contributed by atoms with van der Waals surface area (Å²) < 4.78 is 0. The van der Waals surface area contributed by atoms with Crippen LogP contribution in [0, 0.1) is 0 Å². The van der Waals surface area contributed by atoms with Gasteiger partial charge in [0, 0.05) is 25.0 Å². The Bertz CT molecular complexity index is 561. The molecule has 0 fully saturated rings. The van der Waals surface area contributed by atoms with Gasteiger partial charge >= 0.3 is 0 Å². The Morgan fingerprint density at radius 3 is 2.68 bits per heavy atom. The fourth-order valence-corrected chi connectivity index (χ4v) is 1.96. The Labute approximate surface area is 115 Å². The van der Waals surface area contributed by atoms with Gasteiger partial charge in [0.25, 0.3) is 0 Å². The molecule has 0 atom stereocenters. The number of carbonyl (C=O) groups is 1. The average Bonchev–Trinajstić information content (AvgIpc) is 2.90. The molecule has 2 aromatic heterocycles. The van der Waals surface area contributed by atoms with Crippen LogP contribution in [0.25, 0.3) is 6.08 Å². The van der Waals surface area contributed by atoms with Crippen LogP contribution in [0.15, 0.2) is 36.0 Å². The third-order valence-corrected chi connectivity index (χ3v) is 3.09. The second-order valence-electron chi connectivity index (χ2n) is 4.00. The monoisotopic (exact) mass is 274 g/mol. The lowest BCUT2D eigenvalue weighted by Gasteiger charge is -2.09. The van der Waals surface area contributed by atoms with Crippen LogP contribution in [0.5, 0.6) is 0 Å². The van der Waals surface area contributed by atoms with Crippen molar-refractivity contribution in [2.45, 2.75) is 0 Å². The zero-order chi connectivity index (χ0) is 13.7. The van der Waals surface area contributed by atoms with Gasteiger partial charge in [-0.15, -0.1) is 11.3 Å². The molecule has 0 aliphatic heterocycles. The molecule has 6 heteroatoms. The quantitative estimate of drug-likeness (QED) is 0.869. The van der Waals surface area contributed by atoms with E-state index in [4.69, 9.17) is 0 Å². The molecule has 0 aliphatic carbocycles. The summed E-state index contributed by atoms with van der Waals surface area (Å²) in [6.07, 6.45) is 6.43. The molecule has 19 heavy (non-hydrogen) atoms. The van der Waals surface area contributed by atoms with E-state index in [0.717, 1.165) is 4.88 Å². The normalized spacial score (nSPS) is 10.6. The SMILES string of the molecule is CN(C)c1ncc(NC(=O)/C=C/c2cccs2)cn1. The van der Waals surface area contributed by atoms with E-state index >= 15 is 0 Å². The summed E-state index contributed by atoms with van der Waals surface area (Å²) in [5.74, 6) is 0.404. The van der Waals surface area contributed by atoms with E-state index in [2.05, 4.69) is 15.3 Å². The van der Waals surface area contributed by atoms with Gasteiger partial charge in [-0.25, -0.2) is 9.97 Å². The van der Waals surface area contributed by atoms with E-state index in [9.17, 15) is 4.79 Å². The molecule has 0 aromatic carbocycles. The van der Waals surface area contributed by atoms with Crippen LogP contribution >= 0.6 is 11.3 Å². The van der Waals surface area contributed by atoms with Crippen LogP contribution in [0.1, 0.15) is 4.88 Å². The third kappa shape index (κ3) is 3.89. The molecule has 2 rings (SSSR count). The number of anilines is 2. The van der Waals surface area contributed by atoms with Gasteiger partial charge in [0.1, 0.15) is 0 Å². The summed E-state index contributed by atoms with van der Waals surface area (Å²) in [5.41, 5.74) is 0.575. The first-order valence-electron chi connectivity index (χ1n) is 5.67. The molecule has 98 valence electrons. The molecule has 1 amide bonds. The minimum absolute atomic E-state index is 0.199. The number of carbonyl (C=O) groups excluding carboxylic acids is 1. The third-order valence-electron chi connectivity index (χ3n) is 2.25. The molecule has 0 aliphatic rings. The molecule has 2 heterocycles. The number of hydrogen-bond donors (Lipinski definition) is 1. The molecule has 2 aromatic rings. The number of aromatic nitrogens is 2. The lowest BCUT2D eigenvalue weighted by atomic mass is 10.4. The Balaban J connectivity index is 1.95. The summed E-state index contributed by atoms with van der Waals surface area (Å²) in [6.45, 7) is 0. The topological polar surface area (TPSA) is 58.1 Å². The predicted molar refractivity (Wildman–Crippen MR) is 78.3 cm³/mol. The van der Waals surface area contributed by atoms with E-state index in [1.807, 2.05) is 31.6 Å². The van der Waals surface area contributed by atoms with Crippen LogP contribution in [0.2, 0.25) is 0 Å². The number of hydrogen-bond acceptors (Lipinski definition) is 5. The molecule has 0 radical (unpaired) electrons. The van der Waals surface area contributed by atoms with Crippen molar-refractivity contribution >= 4 is 35.0 Å². The predicted octanol–water partition coefficient (Wildman–Crippen LogP) is 2.26. The van der Waals surface area contributed by atoms with Crippen LogP contribution < -0.4 is 10.2 Å². The van der Waals surface area contributed by atoms with Gasteiger partial charge in [0.2, 0.25) is 11.9 Å². The van der Waals surface area contributed by atoms with Gasteiger partial charge in [-0.2, -0.15) is 0 Å². The van der Waals surface area contributed by atoms with Crippen molar-refractivity contribution < 1.29 is 4.79 Å². The molecular formula is C13H14N4OS. The molecule has 0 saturated heterocycles. The smallest absolute Gasteiger partial charge is 0.248 e. The summed E-state index contributed by atoms with van der Waals surface area (Å²) >= 11 is 1.58. The lowest BCUT2D eigenvalue weighted by Crippen LogP contribution is -2.13. The van der Waals surface area contributed by atoms with Crippen molar-refractivity contribution in [1.29, 1.82) is 0 Å². The highest BCUT2D eigenvalue weighted by Gasteiger charge is 2.01. The zero-order valence-electron chi connectivity index (χ0n) is 10.7. The van der Waals surface area contributed by atoms with Crippen molar-refractivity contribution in [2.24, 2.45) is 0 Å². The second-order valence-corrected chi connectivity index (χ2v) is 4.98. The van der Waals surface area contributed by atoms with Crippen molar-refractivity contribution in [3.63, 3.8) is 0 Å². The van der Waals surface area contributed by atoms with E-state index in [1.165, 1.54) is 6.08 Å². The Morgan fingerprint density at radius 2 is 2.11 bits per heavy atom. The van der Waals surface area contributed by atoms with E-state index in [-0.39, 0.29) is 5.91 Å². The minimum atomic E-state index is -0.199. The molecule has 1 N–H and O–H groups in total. The van der Waals surface area contributed by atoms with Gasteiger partial charge in [0.15, 0.2) is 0 Å². The van der Waals surface area contributed by atoms with E-state index in [1.54, 1.807) is 34.7 Å². The molecule has 0 saturated carbocycles. The first-order chi connectivity index (χ1) is 9.15. The molecule has 5 nitrogen and oxygen atoms in total. The lowest BCUT2D eigenvalue weighted by molar-refractivity contribution is -0.111. The van der Waals surface area contributed by atoms with Crippen LogP contribution in [0.3, 0.4) is 0 Å². The van der Waals surface area contributed by atoms with Crippen molar-refractivity contribution in [3.05, 3.63) is 40.9 Å². The maximum absolute atomic E-state index is 11.7. The van der Waals surface area contributed by atoms with Crippen LogP contribution in [-0.4, -0.2) is 30.0 Å². The standard InChI is InChI=1S/C13H14N4OS/c1-17(2)13-14-8-10(9-15-13)16-12(18)6-5-11-4-3-7-19-11/h3-9H,1-2H3,(H,16,18)/b6-5+. The fraction of sp³-hybridized carbons (Fsp3) is 0.154. The number of nitrogens with zero attached hydrogens (tertiary/aromatic N) is 3. The first kappa shape index (κ1) is 13.2. The summed E-state index contributed by atoms with van der Waals surface area (Å²) in [7, 11) is 3.72. The highest BCUT2D eigenvalue weighted by atomic mass is 32.1. The van der Waals surface area contributed by atoms with Crippen molar-refractivity contribution in [3.8, 4) is 0 Å². The average molecular weight is 274 g/mol. The summed E-state index contributed by atoms with van der Waals surface area (Å²) in [6, 6.07) is 3.89. The number of nitrogens with one attached hydrogen (secondary N) is 1. The first-order valence-corrected chi connectivity index (χ1v) is 6.55. The van der Waals surface area contributed by atoms with Crippen LogP contribution in [-0.2, 0) is 4.79 Å². The highest BCUT2D eigenvalue weighted by molar-refractivity contribution is 7.10. The van der Waals surface area contributed by atoms with Crippen molar-refractivity contribution in [1.82, 2.24) is 9.97 Å². The molecule has 0 unspecified atom stereocenters. The Hall–Kier alpha value is -2.21. The maximum atomic E-state index is 11.7. The molecule has 0 bridgehead atoms. The summed E-state index contributed by atoms with van der Waals surface area (Å²) in [5, 5.41) is 4.67. The Kier molecular flexibility index (Phi) is 4.25. The second kappa shape index (κ2) is 6.10. The largest absolute Gasteiger partial charge is 0.347 e. The van der Waals surface area contributed by atoms with Gasteiger partial charge < -0.3 is 10.2 Å². The van der Waals surface area contributed by atoms with E-state index < -0.39 is 0 Å². The number of thiophene rings is 1.